The highest BCUT2D eigenvalue weighted by atomic mass is 35.5. The van der Waals surface area contributed by atoms with Crippen LogP contribution >= 0.6 is 24.8 Å². The van der Waals surface area contributed by atoms with E-state index in [-0.39, 0.29) is 42.9 Å². The van der Waals surface area contributed by atoms with Crippen molar-refractivity contribution in [3.05, 3.63) is 35.4 Å². The van der Waals surface area contributed by atoms with Crippen molar-refractivity contribution < 1.29 is 14.3 Å². The molecular weight excluding hydrogens is 389 g/mol. The molecule has 0 bridgehead atoms. The minimum absolute atomic E-state index is 0. The van der Waals surface area contributed by atoms with Gasteiger partial charge in [0.1, 0.15) is 0 Å². The predicted molar refractivity (Wildman–Crippen MR) is 113 cm³/mol. The van der Waals surface area contributed by atoms with Crippen LogP contribution in [0.4, 0.5) is 0 Å². The molecule has 0 aliphatic carbocycles. The van der Waals surface area contributed by atoms with E-state index in [4.69, 9.17) is 9.47 Å². The highest BCUT2D eigenvalue weighted by molar-refractivity contribution is 5.94. The van der Waals surface area contributed by atoms with Crippen LogP contribution in [0.15, 0.2) is 24.3 Å². The number of carbonyl (C=O) groups excluding carboxylic acids is 1. The Morgan fingerprint density at radius 1 is 1.11 bits per heavy atom. The Morgan fingerprint density at radius 3 is 2.33 bits per heavy atom. The molecule has 1 heterocycles. The van der Waals surface area contributed by atoms with Gasteiger partial charge in [0.25, 0.3) is 5.91 Å². The van der Waals surface area contributed by atoms with Gasteiger partial charge >= 0.3 is 0 Å². The van der Waals surface area contributed by atoms with E-state index in [1.807, 2.05) is 24.3 Å². The summed E-state index contributed by atoms with van der Waals surface area (Å²) in [6, 6.07) is 7.87. The molecule has 1 aliphatic heterocycles. The molecule has 0 saturated carbocycles. The second kappa shape index (κ2) is 14.2. The largest absolute Gasteiger partial charge is 0.383 e. The lowest BCUT2D eigenvalue weighted by Gasteiger charge is -2.35. The number of morpholine rings is 1. The number of rotatable bonds is 9. The molecule has 156 valence electrons. The van der Waals surface area contributed by atoms with E-state index in [0.717, 1.165) is 32.7 Å². The summed E-state index contributed by atoms with van der Waals surface area (Å²) < 4.78 is 10.7. The van der Waals surface area contributed by atoms with Gasteiger partial charge in [-0.15, -0.1) is 24.8 Å². The minimum Gasteiger partial charge on any atom is -0.383 e. The number of methoxy groups -OCH3 is 1. The number of hydrogen-bond acceptors (Lipinski definition) is 5. The van der Waals surface area contributed by atoms with Crippen LogP contribution in [0, 0.1) is 0 Å². The van der Waals surface area contributed by atoms with Crippen molar-refractivity contribution in [2.45, 2.75) is 32.6 Å². The van der Waals surface area contributed by atoms with Gasteiger partial charge in [-0.2, -0.15) is 0 Å². The third-order valence-electron chi connectivity index (χ3n) is 4.19. The summed E-state index contributed by atoms with van der Waals surface area (Å²) in [6.45, 7) is 9.82. The number of ether oxygens (including phenoxy) is 2. The second-order valence-corrected chi connectivity index (χ2v) is 6.65. The standard InChI is InChI=1S/C19H31N3O3.2ClH/c1-15-12-22(13-16(2)25-15)14-17-4-6-18(7-5-17)19(23)21-9-8-20-10-11-24-3;;/h4-7,15-16,20H,8-14H2,1-3H3,(H,21,23);2*1H. The third kappa shape index (κ3) is 9.74. The van der Waals surface area contributed by atoms with Crippen LogP contribution in [-0.2, 0) is 16.0 Å². The molecule has 6 nitrogen and oxygen atoms in total. The molecular formula is C19H33Cl2N3O3. The number of halogens is 2. The molecule has 2 unspecified atom stereocenters. The van der Waals surface area contributed by atoms with Crippen LogP contribution in [0.25, 0.3) is 0 Å². The molecule has 1 aromatic carbocycles. The lowest BCUT2D eigenvalue weighted by atomic mass is 10.1. The van der Waals surface area contributed by atoms with Gasteiger partial charge in [-0.3, -0.25) is 9.69 Å². The Hall–Kier alpha value is -0.890. The van der Waals surface area contributed by atoms with Crippen molar-refractivity contribution >= 4 is 30.7 Å². The summed E-state index contributed by atoms with van der Waals surface area (Å²) in [6.07, 6.45) is 0.539. The maximum atomic E-state index is 12.1. The molecule has 1 saturated heterocycles. The maximum absolute atomic E-state index is 12.1. The Morgan fingerprint density at radius 2 is 1.74 bits per heavy atom. The zero-order valence-corrected chi connectivity index (χ0v) is 18.0. The van der Waals surface area contributed by atoms with Gasteiger partial charge in [0.05, 0.1) is 18.8 Å². The predicted octanol–water partition coefficient (Wildman–Crippen LogP) is 2.11. The molecule has 0 aromatic heterocycles. The van der Waals surface area contributed by atoms with E-state index >= 15 is 0 Å². The quantitative estimate of drug-likeness (QED) is 0.597. The topological polar surface area (TPSA) is 62.8 Å². The molecule has 0 radical (unpaired) electrons. The van der Waals surface area contributed by atoms with Gasteiger partial charge in [-0.05, 0) is 31.5 Å². The monoisotopic (exact) mass is 421 g/mol. The molecule has 2 N–H and O–H groups in total. The third-order valence-corrected chi connectivity index (χ3v) is 4.19. The first-order valence-corrected chi connectivity index (χ1v) is 9.03. The number of carbonyl (C=O) groups is 1. The van der Waals surface area contributed by atoms with Crippen molar-refractivity contribution in [2.24, 2.45) is 0 Å². The Balaban J connectivity index is 0.00000338. The highest BCUT2D eigenvalue weighted by Gasteiger charge is 2.22. The Labute approximate surface area is 175 Å². The van der Waals surface area contributed by atoms with Crippen LogP contribution in [0.3, 0.4) is 0 Å². The maximum Gasteiger partial charge on any atom is 0.251 e. The average molecular weight is 422 g/mol. The van der Waals surface area contributed by atoms with E-state index in [2.05, 4.69) is 29.4 Å². The molecule has 2 rings (SSSR count). The van der Waals surface area contributed by atoms with E-state index in [1.54, 1.807) is 7.11 Å². The van der Waals surface area contributed by atoms with Crippen molar-refractivity contribution in [3.63, 3.8) is 0 Å². The first-order chi connectivity index (χ1) is 12.1. The Bertz CT molecular complexity index is 521. The SMILES string of the molecule is COCCNCCNC(=O)c1ccc(CN2CC(C)OC(C)C2)cc1.Cl.Cl. The number of nitrogens with zero attached hydrogens (tertiary/aromatic N) is 1. The van der Waals surface area contributed by atoms with Crippen LogP contribution in [0.1, 0.15) is 29.8 Å². The van der Waals surface area contributed by atoms with Gasteiger partial charge in [-0.1, -0.05) is 12.1 Å². The van der Waals surface area contributed by atoms with Gasteiger partial charge < -0.3 is 20.1 Å². The first kappa shape index (κ1) is 26.1. The van der Waals surface area contributed by atoms with E-state index in [1.165, 1.54) is 5.56 Å². The summed E-state index contributed by atoms with van der Waals surface area (Å²) in [5, 5.41) is 6.12. The van der Waals surface area contributed by atoms with Crippen molar-refractivity contribution in [1.82, 2.24) is 15.5 Å². The minimum atomic E-state index is -0.0336. The normalized spacial score (nSPS) is 19.7. The van der Waals surface area contributed by atoms with Crippen molar-refractivity contribution in [2.75, 3.05) is 46.4 Å². The lowest BCUT2D eigenvalue weighted by molar-refractivity contribution is -0.0704. The molecule has 8 heteroatoms. The summed E-state index contributed by atoms with van der Waals surface area (Å²) in [7, 11) is 1.67. The van der Waals surface area contributed by atoms with Gasteiger partial charge in [0.15, 0.2) is 0 Å². The van der Waals surface area contributed by atoms with Gasteiger partial charge in [0.2, 0.25) is 0 Å². The van der Waals surface area contributed by atoms with E-state index in [0.29, 0.717) is 18.7 Å². The number of nitrogens with one attached hydrogen (secondary N) is 2. The zero-order chi connectivity index (χ0) is 18.1. The zero-order valence-electron chi connectivity index (χ0n) is 16.4. The van der Waals surface area contributed by atoms with Crippen molar-refractivity contribution in [1.29, 1.82) is 0 Å². The summed E-state index contributed by atoms with van der Waals surface area (Å²) >= 11 is 0. The average Bonchev–Trinajstić information content (AvgIpc) is 2.57. The van der Waals surface area contributed by atoms with E-state index in [9.17, 15) is 4.79 Å². The molecule has 1 amide bonds. The fourth-order valence-corrected chi connectivity index (χ4v) is 3.10. The fraction of sp³-hybridized carbons (Fsp3) is 0.632. The molecule has 27 heavy (non-hydrogen) atoms. The molecule has 2 atom stereocenters. The second-order valence-electron chi connectivity index (χ2n) is 6.65. The van der Waals surface area contributed by atoms with Crippen LogP contribution in [-0.4, -0.2) is 69.5 Å². The molecule has 1 fully saturated rings. The van der Waals surface area contributed by atoms with Gasteiger partial charge in [-0.25, -0.2) is 0 Å². The fourth-order valence-electron chi connectivity index (χ4n) is 3.10. The van der Waals surface area contributed by atoms with Crippen molar-refractivity contribution in [3.8, 4) is 0 Å². The smallest absolute Gasteiger partial charge is 0.251 e. The first-order valence-electron chi connectivity index (χ1n) is 9.03. The summed E-state index contributed by atoms with van der Waals surface area (Å²) in [5.41, 5.74) is 1.92. The molecule has 1 aliphatic rings. The lowest BCUT2D eigenvalue weighted by Crippen LogP contribution is -2.44. The Kier molecular flexibility index (Phi) is 13.7. The molecule has 0 spiro atoms. The van der Waals surface area contributed by atoms with Crippen LogP contribution < -0.4 is 10.6 Å². The summed E-state index contributed by atoms with van der Waals surface area (Å²) in [5.74, 6) is -0.0336. The number of benzene rings is 1. The highest BCUT2D eigenvalue weighted by Crippen LogP contribution is 2.14. The summed E-state index contributed by atoms with van der Waals surface area (Å²) in [4.78, 5) is 14.5. The number of amides is 1. The van der Waals surface area contributed by atoms with Crippen LogP contribution in [0.5, 0.6) is 0 Å². The van der Waals surface area contributed by atoms with Gasteiger partial charge in [0, 0.05) is 51.9 Å². The van der Waals surface area contributed by atoms with E-state index < -0.39 is 0 Å². The molecule has 1 aromatic rings. The number of hydrogen-bond donors (Lipinski definition) is 2. The van der Waals surface area contributed by atoms with Crippen LogP contribution in [0.2, 0.25) is 0 Å².